The van der Waals surface area contributed by atoms with Crippen LogP contribution in [0.3, 0.4) is 0 Å². The molecule has 1 heteroatoms. The average molecular weight is 220 g/mol. The molecular weight excluding hydrogens is 196 g/mol. The summed E-state index contributed by atoms with van der Waals surface area (Å²) >= 11 is 0. The van der Waals surface area contributed by atoms with Gasteiger partial charge in [-0.25, -0.2) is 0 Å². The minimum atomic E-state index is -0.145. The highest BCUT2D eigenvalue weighted by Gasteiger charge is 2.46. The summed E-state index contributed by atoms with van der Waals surface area (Å²) in [5.41, 5.74) is 2.96. The second-order valence-corrected chi connectivity index (χ2v) is 6.11. The molecule has 2 rings (SSSR count). The number of aliphatic hydroxyl groups is 1. The zero-order chi connectivity index (χ0) is 11.9. The maximum atomic E-state index is 10.2. The van der Waals surface area contributed by atoms with Crippen molar-refractivity contribution in [1.82, 2.24) is 0 Å². The standard InChI is InChI=1S/C15H24O/c1-10(2)12-7-8-15(4)13(9-12)11(3)5-6-14(15)16/h7,10,13-14,16H,3,5-6,8-9H2,1-2,4H3/t13?,14-,15?/m1/s1. The smallest absolute Gasteiger partial charge is 0.0605 e. The molecule has 2 aliphatic carbocycles. The van der Waals surface area contributed by atoms with Gasteiger partial charge in [0, 0.05) is 5.41 Å². The summed E-state index contributed by atoms with van der Waals surface area (Å²) in [5, 5.41) is 10.2. The van der Waals surface area contributed by atoms with Crippen LogP contribution in [-0.2, 0) is 0 Å². The van der Waals surface area contributed by atoms with Crippen molar-refractivity contribution in [2.75, 3.05) is 0 Å². The van der Waals surface area contributed by atoms with Crippen LogP contribution in [0.2, 0.25) is 0 Å². The number of allylic oxidation sites excluding steroid dienone is 3. The highest BCUT2D eigenvalue weighted by atomic mass is 16.3. The number of hydrogen-bond acceptors (Lipinski definition) is 1. The molecule has 3 atom stereocenters. The molecule has 0 aromatic heterocycles. The van der Waals surface area contributed by atoms with E-state index in [4.69, 9.17) is 0 Å². The van der Waals surface area contributed by atoms with Crippen molar-refractivity contribution in [3.63, 3.8) is 0 Å². The third-order valence-electron chi connectivity index (χ3n) is 4.77. The Morgan fingerprint density at radius 2 is 2.19 bits per heavy atom. The molecule has 0 heterocycles. The van der Waals surface area contributed by atoms with E-state index < -0.39 is 0 Å². The van der Waals surface area contributed by atoms with E-state index in [0.717, 1.165) is 25.7 Å². The van der Waals surface area contributed by atoms with Gasteiger partial charge >= 0.3 is 0 Å². The van der Waals surface area contributed by atoms with Gasteiger partial charge in [-0.05, 0) is 37.5 Å². The Morgan fingerprint density at radius 3 is 2.81 bits per heavy atom. The van der Waals surface area contributed by atoms with Crippen molar-refractivity contribution in [1.29, 1.82) is 0 Å². The van der Waals surface area contributed by atoms with Crippen molar-refractivity contribution in [2.24, 2.45) is 17.3 Å². The fourth-order valence-electron chi connectivity index (χ4n) is 3.32. The Morgan fingerprint density at radius 1 is 1.50 bits per heavy atom. The summed E-state index contributed by atoms with van der Waals surface area (Å²) in [4.78, 5) is 0. The van der Waals surface area contributed by atoms with Crippen molar-refractivity contribution in [3.05, 3.63) is 23.8 Å². The van der Waals surface area contributed by atoms with Crippen LogP contribution in [0.1, 0.15) is 46.5 Å². The fraction of sp³-hybridized carbons (Fsp3) is 0.733. The van der Waals surface area contributed by atoms with Gasteiger partial charge in [-0.1, -0.05) is 44.6 Å². The van der Waals surface area contributed by atoms with E-state index in [1.54, 1.807) is 5.57 Å². The predicted octanol–water partition coefficient (Wildman–Crippen LogP) is 3.70. The predicted molar refractivity (Wildman–Crippen MR) is 68.1 cm³/mol. The largest absolute Gasteiger partial charge is 0.393 e. The average Bonchev–Trinajstić information content (AvgIpc) is 2.24. The molecule has 0 aromatic carbocycles. The van der Waals surface area contributed by atoms with Gasteiger partial charge in [0.2, 0.25) is 0 Å². The molecule has 1 nitrogen and oxygen atoms in total. The Balaban J connectivity index is 2.29. The summed E-state index contributed by atoms with van der Waals surface area (Å²) < 4.78 is 0. The van der Waals surface area contributed by atoms with E-state index in [9.17, 15) is 5.11 Å². The van der Waals surface area contributed by atoms with Crippen LogP contribution < -0.4 is 0 Å². The molecule has 16 heavy (non-hydrogen) atoms. The number of rotatable bonds is 1. The van der Waals surface area contributed by atoms with Crippen LogP contribution in [-0.4, -0.2) is 11.2 Å². The topological polar surface area (TPSA) is 20.2 Å². The minimum Gasteiger partial charge on any atom is -0.393 e. The third kappa shape index (κ3) is 1.75. The number of fused-ring (bicyclic) bond motifs is 1. The van der Waals surface area contributed by atoms with Crippen LogP contribution in [0, 0.1) is 17.3 Å². The highest BCUT2D eigenvalue weighted by molar-refractivity contribution is 5.24. The molecule has 0 aromatic rings. The first-order chi connectivity index (χ1) is 7.45. The number of aliphatic hydroxyl groups excluding tert-OH is 1. The summed E-state index contributed by atoms with van der Waals surface area (Å²) in [6, 6.07) is 0. The molecule has 0 spiro atoms. The lowest BCUT2D eigenvalue weighted by Gasteiger charge is -2.49. The van der Waals surface area contributed by atoms with Crippen molar-refractivity contribution < 1.29 is 5.11 Å². The Hall–Kier alpha value is -0.560. The Bertz CT molecular complexity index is 326. The monoisotopic (exact) mass is 220 g/mol. The van der Waals surface area contributed by atoms with Gasteiger partial charge in [-0.3, -0.25) is 0 Å². The van der Waals surface area contributed by atoms with Gasteiger partial charge in [0.15, 0.2) is 0 Å². The zero-order valence-electron chi connectivity index (χ0n) is 10.8. The Labute approximate surface area is 99.3 Å². The molecule has 0 bridgehead atoms. The molecular formula is C15H24O. The molecule has 2 unspecified atom stereocenters. The van der Waals surface area contributed by atoms with Crippen LogP contribution in [0.25, 0.3) is 0 Å². The van der Waals surface area contributed by atoms with Crippen LogP contribution >= 0.6 is 0 Å². The molecule has 1 N–H and O–H groups in total. The minimum absolute atomic E-state index is 0.0493. The van der Waals surface area contributed by atoms with E-state index in [1.807, 2.05) is 0 Å². The molecule has 0 saturated heterocycles. The van der Waals surface area contributed by atoms with Crippen molar-refractivity contribution in [2.45, 2.75) is 52.6 Å². The summed E-state index contributed by atoms with van der Waals surface area (Å²) in [7, 11) is 0. The van der Waals surface area contributed by atoms with E-state index in [2.05, 4.69) is 33.4 Å². The second kappa shape index (κ2) is 4.03. The SMILES string of the molecule is C=C1CC[C@@H](O)C2(C)CC=C(C(C)C)CC12. The first-order valence-corrected chi connectivity index (χ1v) is 6.50. The normalized spacial score (nSPS) is 39.6. The first-order valence-electron chi connectivity index (χ1n) is 6.50. The van der Waals surface area contributed by atoms with E-state index >= 15 is 0 Å². The van der Waals surface area contributed by atoms with Crippen molar-refractivity contribution in [3.8, 4) is 0 Å². The lowest BCUT2D eigenvalue weighted by Crippen LogP contribution is -2.45. The molecule has 0 radical (unpaired) electrons. The van der Waals surface area contributed by atoms with E-state index in [1.165, 1.54) is 5.57 Å². The lowest BCUT2D eigenvalue weighted by atomic mass is 9.57. The van der Waals surface area contributed by atoms with Gasteiger partial charge in [0.25, 0.3) is 0 Å². The summed E-state index contributed by atoms with van der Waals surface area (Å²) in [6.45, 7) is 11.0. The molecule has 1 saturated carbocycles. The van der Waals surface area contributed by atoms with Crippen molar-refractivity contribution >= 4 is 0 Å². The van der Waals surface area contributed by atoms with E-state index in [0.29, 0.717) is 11.8 Å². The van der Waals surface area contributed by atoms with Gasteiger partial charge in [0.1, 0.15) is 0 Å². The molecule has 1 fully saturated rings. The van der Waals surface area contributed by atoms with Crippen LogP contribution in [0.4, 0.5) is 0 Å². The lowest BCUT2D eigenvalue weighted by molar-refractivity contribution is -0.0226. The molecule has 0 aliphatic heterocycles. The van der Waals surface area contributed by atoms with Crippen LogP contribution in [0.15, 0.2) is 23.8 Å². The summed E-state index contributed by atoms with van der Waals surface area (Å²) in [6.07, 6.45) is 6.26. The third-order valence-corrected chi connectivity index (χ3v) is 4.77. The maximum Gasteiger partial charge on any atom is 0.0605 e. The summed E-state index contributed by atoms with van der Waals surface area (Å²) in [5.74, 6) is 1.13. The quantitative estimate of drug-likeness (QED) is 0.668. The van der Waals surface area contributed by atoms with Gasteiger partial charge in [0.05, 0.1) is 6.10 Å². The Kier molecular flexibility index (Phi) is 3.00. The van der Waals surface area contributed by atoms with Gasteiger partial charge in [-0.15, -0.1) is 0 Å². The number of hydrogen-bond donors (Lipinski definition) is 1. The maximum absolute atomic E-state index is 10.2. The van der Waals surface area contributed by atoms with Gasteiger partial charge < -0.3 is 5.11 Å². The van der Waals surface area contributed by atoms with Crippen LogP contribution in [0.5, 0.6) is 0 Å². The highest BCUT2D eigenvalue weighted by Crippen LogP contribution is 2.52. The molecule has 0 amide bonds. The molecule has 2 aliphatic rings. The first kappa shape index (κ1) is 11.9. The molecule has 90 valence electrons. The van der Waals surface area contributed by atoms with E-state index in [-0.39, 0.29) is 11.5 Å². The zero-order valence-corrected chi connectivity index (χ0v) is 10.8. The van der Waals surface area contributed by atoms with Gasteiger partial charge in [-0.2, -0.15) is 0 Å². The second-order valence-electron chi connectivity index (χ2n) is 6.11. The fourth-order valence-corrected chi connectivity index (χ4v) is 3.32.